The van der Waals surface area contributed by atoms with Crippen molar-refractivity contribution >= 4 is 46.5 Å². The zero-order valence-electron chi connectivity index (χ0n) is 16.3. The normalized spacial score (nSPS) is 18.1. The van der Waals surface area contributed by atoms with Crippen LogP contribution in [0.2, 0.25) is 15.1 Å². The molecule has 1 aliphatic heterocycles. The fraction of sp³-hybridized carbons (Fsp3) is 0.238. The number of halogens is 6. The number of nitrogens with one attached hydrogen (secondary N) is 2. The molecule has 0 saturated heterocycles. The predicted octanol–water partition coefficient (Wildman–Crippen LogP) is 6.43. The van der Waals surface area contributed by atoms with Gasteiger partial charge in [-0.1, -0.05) is 59.1 Å². The summed E-state index contributed by atoms with van der Waals surface area (Å²) in [4.78, 5) is 12.6. The van der Waals surface area contributed by atoms with E-state index >= 15 is 0 Å². The van der Waals surface area contributed by atoms with E-state index in [1.165, 1.54) is 0 Å². The minimum atomic E-state index is -4.59. The number of anilines is 1. The number of amides is 1. The molecule has 4 rings (SSSR count). The molecule has 0 fully saturated rings. The quantitative estimate of drug-likeness (QED) is 0.431. The highest BCUT2D eigenvalue weighted by molar-refractivity contribution is 6.36. The maximum absolute atomic E-state index is 13.9. The highest BCUT2D eigenvalue weighted by Crippen LogP contribution is 2.46. The average molecular weight is 504 g/mol. The summed E-state index contributed by atoms with van der Waals surface area (Å²) in [6.07, 6.45) is -4.91. The number of carbonyl (C=O) groups is 1. The van der Waals surface area contributed by atoms with E-state index in [1.54, 1.807) is 48.5 Å². The monoisotopic (exact) mass is 502 g/mol. The van der Waals surface area contributed by atoms with Gasteiger partial charge in [-0.25, -0.2) is 4.68 Å². The summed E-state index contributed by atoms with van der Waals surface area (Å²) in [6, 6.07) is 10.6. The van der Waals surface area contributed by atoms with Crippen molar-refractivity contribution in [1.82, 2.24) is 15.1 Å². The summed E-state index contributed by atoms with van der Waals surface area (Å²) < 4.78 is 42.3. The highest BCUT2D eigenvalue weighted by Gasteiger charge is 2.47. The van der Waals surface area contributed by atoms with Crippen LogP contribution in [0, 0.1) is 0 Å². The maximum Gasteiger partial charge on any atom is 0.410 e. The van der Waals surface area contributed by atoms with Crippen LogP contribution in [0.25, 0.3) is 0 Å². The summed E-state index contributed by atoms with van der Waals surface area (Å²) in [5.74, 6) is -0.741. The second kappa shape index (κ2) is 8.84. The van der Waals surface area contributed by atoms with Crippen LogP contribution >= 0.6 is 34.8 Å². The molecule has 32 heavy (non-hydrogen) atoms. The molecular weight excluding hydrogens is 488 g/mol. The molecule has 2 aromatic carbocycles. The van der Waals surface area contributed by atoms with E-state index in [4.69, 9.17) is 34.8 Å². The number of alkyl halides is 3. The average Bonchev–Trinajstić information content (AvgIpc) is 3.09. The van der Waals surface area contributed by atoms with Crippen LogP contribution in [-0.2, 0) is 6.54 Å². The maximum atomic E-state index is 13.9. The Kier molecular flexibility index (Phi) is 6.29. The Bertz CT molecular complexity index is 1130. The molecule has 0 radical (unpaired) electrons. The second-order valence-corrected chi connectivity index (χ2v) is 8.56. The Labute approximate surface area is 196 Å². The lowest BCUT2D eigenvalue weighted by Gasteiger charge is -2.33. The third-order valence-corrected chi connectivity index (χ3v) is 6.01. The van der Waals surface area contributed by atoms with Gasteiger partial charge in [0, 0.05) is 23.0 Å². The van der Waals surface area contributed by atoms with Gasteiger partial charge in [-0.15, -0.1) is 0 Å². The SMILES string of the molecule is O=C(NCc1ccc(Cl)cc1)c1nn2c(c1Cl)N[C@H](c1ccc(Cl)cc1)C[C@H]2C(F)(F)F. The Morgan fingerprint density at radius 3 is 2.25 bits per heavy atom. The van der Waals surface area contributed by atoms with E-state index < -0.39 is 24.2 Å². The van der Waals surface area contributed by atoms with Crippen LogP contribution < -0.4 is 10.6 Å². The molecule has 3 aromatic rings. The molecule has 5 nitrogen and oxygen atoms in total. The van der Waals surface area contributed by atoms with Gasteiger partial charge in [0.15, 0.2) is 11.7 Å². The summed E-state index contributed by atoms with van der Waals surface area (Å²) in [5.41, 5.74) is 1.09. The predicted molar refractivity (Wildman–Crippen MR) is 117 cm³/mol. The summed E-state index contributed by atoms with van der Waals surface area (Å²) in [6.45, 7) is 0.137. The summed E-state index contributed by atoms with van der Waals surface area (Å²) >= 11 is 18.1. The van der Waals surface area contributed by atoms with Gasteiger partial charge in [0.25, 0.3) is 5.91 Å². The van der Waals surface area contributed by atoms with Crippen LogP contribution in [0.5, 0.6) is 0 Å². The smallest absolute Gasteiger partial charge is 0.362 e. The minimum Gasteiger partial charge on any atom is -0.362 e. The molecule has 1 aromatic heterocycles. The highest BCUT2D eigenvalue weighted by atomic mass is 35.5. The largest absolute Gasteiger partial charge is 0.410 e. The second-order valence-electron chi connectivity index (χ2n) is 7.31. The van der Waals surface area contributed by atoms with E-state index in [1.807, 2.05) is 0 Å². The van der Waals surface area contributed by atoms with Crippen LogP contribution in [0.3, 0.4) is 0 Å². The number of nitrogens with zero attached hydrogens (tertiary/aromatic N) is 2. The summed E-state index contributed by atoms with van der Waals surface area (Å²) in [7, 11) is 0. The molecule has 2 heterocycles. The number of hydrogen-bond acceptors (Lipinski definition) is 3. The Morgan fingerprint density at radius 1 is 1.06 bits per heavy atom. The van der Waals surface area contributed by atoms with Crippen molar-refractivity contribution in [2.45, 2.75) is 31.2 Å². The molecular formula is C21H16Cl3F3N4O. The number of fused-ring (bicyclic) bond motifs is 1. The van der Waals surface area contributed by atoms with Crippen LogP contribution in [0.15, 0.2) is 48.5 Å². The first-order chi connectivity index (χ1) is 15.1. The molecule has 168 valence electrons. The number of carbonyl (C=O) groups excluding carboxylic acids is 1. The Morgan fingerprint density at radius 2 is 1.66 bits per heavy atom. The number of hydrogen-bond donors (Lipinski definition) is 2. The summed E-state index contributed by atoms with van der Waals surface area (Å²) in [5, 5.41) is 10.4. The van der Waals surface area contributed by atoms with Crippen molar-refractivity contribution in [3.63, 3.8) is 0 Å². The first kappa shape index (κ1) is 22.8. The van der Waals surface area contributed by atoms with Gasteiger partial charge < -0.3 is 10.6 Å². The Hall–Kier alpha value is -2.42. The first-order valence-corrected chi connectivity index (χ1v) is 10.7. The van der Waals surface area contributed by atoms with Crippen molar-refractivity contribution in [3.05, 3.63) is 80.4 Å². The van der Waals surface area contributed by atoms with Crippen LogP contribution in [-0.4, -0.2) is 21.9 Å². The molecule has 1 amide bonds. The van der Waals surface area contributed by atoms with E-state index in [9.17, 15) is 18.0 Å². The fourth-order valence-corrected chi connectivity index (χ4v) is 4.03. The molecule has 0 spiro atoms. The lowest BCUT2D eigenvalue weighted by atomic mass is 9.97. The van der Waals surface area contributed by atoms with Gasteiger partial charge in [0.1, 0.15) is 10.8 Å². The topological polar surface area (TPSA) is 59.0 Å². The number of aromatic nitrogens is 2. The van der Waals surface area contributed by atoms with Crippen molar-refractivity contribution in [3.8, 4) is 0 Å². The standard InChI is InChI=1S/C21H16Cl3F3N4O/c22-13-5-1-11(2-6-13)10-28-20(32)18-17(24)19-29-15(12-3-7-14(23)8-4-12)9-16(21(25,26)27)31(19)30-18/h1-8,15-16,29H,9-10H2,(H,28,32)/t15-,16-/m0/s1. The van der Waals surface area contributed by atoms with Gasteiger partial charge >= 0.3 is 6.18 Å². The van der Waals surface area contributed by atoms with Crippen molar-refractivity contribution < 1.29 is 18.0 Å². The fourth-order valence-electron chi connectivity index (χ4n) is 3.52. The van der Waals surface area contributed by atoms with E-state index in [0.29, 0.717) is 15.6 Å². The van der Waals surface area contributed by atoms with Gasteiger partial charge in [-0.05, 0) is 35.4 Å². The van der Waals surface area contributed by atoms with Crippen LogP contribution in [0.4, 0.5) is 19.0 Å². The van der Waals surface area contributed by atoms with Gasteiger partial charge in [-0.3, -0.25) is 4.79 Å². The Balaban J connectivity index is 1.62. The van der Waals surface area contributed by atoms with Crippen molar-refractivity contribution in [1.29, 1.82) is 0 Å². The lowest BCUT2D eigenvalue weighted by molar-refractivity contribution is -0.173. The molecule has 0 saturated carbocycles. The minimum absolute atomic E-state index is 0.0585. The van der Waals surface area contributed by atoms with E-state index in [2.05, 4.69) is 15.7 Å². The van der Waals surface area contributed by atoms with Crippen LogP contribution in [0.1, 0.15) is 40.1 Å². The lowest BCUT2D eigenvalue weighted by Crippen LogP contribution is -2.35. The molecule has 0 aliphatic carbocycles. The molecule has 11 heteroatoms. The number of rotatable bonds is 4. The van der Waals surface area contributed by atoms with Gasteiger partial charge in [-0.2, -0.15) is 18.3 Å². The molecule has 1 aliphatic rings. The third kappa shape index (κ3) is 4.67. The van der Waals surface area contributed by atoms with Crippen molar-refractivity contribution in [2.24, 2.45) is 0 Å². The molecule has 2 atom stereocenters. The molecule has 0 unspecified atom stereocenters. The van der Waals surface area contributed by atoms with Crippen molar-refractivity contribution in [2.75, 3.05) is 5.32 Å². The molecule has 0 bridgehead atoms. The van der Waals surface area contributed by atoms with Gasteiger partial charge in [0.05, 0.1) is 6.04 Å². The van der Waals surface area contributed by atoms with Gasteiger partial charge in [0.2, 0.25) is 0 Å². The molecule has 2 N–H and O–H groups in total. The number of benzene rings is 2. The van der Waals surface area contributed by atoms with E-state index in [-0.39, 0.29) is 29.5 Å². The van der Waals surface area contributed by atoms with E-state index in [0.717, 1.165) is 10.2 Å². The zero-order chi connectivity index (χ0) is 23.0. The zero-order valence-corrected chi connectivity index (χ0v) is 18.5. The first-order valence-electron chi connectivity index (χ1n) is 9.53. The third-order valence-electron chi connectivity index (χ3n) is 5.15.